The molecule has 3 heterocycles. The van der Waals surface area contributed by atoms with E-state index in [2.05, 4.69) is 25.4 Å². The van der Waals surface area contributed by atoms with Crippen molar-refractivity contribution in [2.45, 2.75) is 13.5 Å². The summed E-state index contributed by atoms with van der Waals surface area (Å²) >= 11 is 0. The van der Waals surface area contributed by atoms with Crippen molar-refractivity contribution in [2.24, 2.45) is 0 Å². The second-order valence-corrected chi connectivity index (χ2v) is 6.01. The maximum absolute atomic E-state index is 13.9. The van der Waals surface area contributed by atoms with Gasteiger partial charge in [-0.05, 0) is 36.8 Å². The Bertz CT molecular complexity index is 1080. The van der Waals surface area contributed by atoms with Gasteiger partial charge >= 0.3 is 0 Å². The Morgan fingerprint density at radius 1 is 1.04 bits per heavy atom. The molecule has 0 atom stereocenters. The van der Waals surface area contributed by atoms with E-state index in [9.17, 15) is 4.39 Å². The molecule has 0 aliphatic carbocycles. The van der Waals surface area contributed by atoms with Gasteiger partial charge in [0.1, 0.15) is 11.5 Å². The predicted molar refractivity (Wildman–Crippen MR) is 101 cm³/mol. The van der Waals surface area contributed by atoms with E-state index in [1.54, 1.807) is 49.1 Å². The molecule has 0 saturated heterocycles. The van der Waals surface area contributed by atoms with E-state index in [4.69, 9.17) is 0 Å². The molecule has 134 valence electrons. The highest BCUT2D eigenvalue weighted by molar-refractivity contribution is 5.58. The molecule has 4 rings (SSSR count). The zero-order valence-corrected chi connectivity index (χ0v) is 14.7. The maximum atomic E-state index is 13.9. The van der Waals surface area contributed by atoms with Crippen molar-refractivity contribution in [3.8, 4) is 16.9 Å². The molecule has 0 spiro atoms. The predicted octanol–water partition coefficient (Wildman–Crippen LogP) is 3.78. The van der Waals surface area contributed by atoms with Crippen LogP contribution in [0.15, 0.2) is 67.3 Å². The maximum Gasteiger partial charge on any atom is 0.223 e. The number of aryl methyl sites for hydroxylation is 1. The molecule has 1 aromatic carbocycles. The molecule has 3 aromatic heterocycles. The summed E-state index contributed by atoms with van der Waals surface area (Å²) in [5.41, 5.74) is 3.92. The second-order valence-electron chi connectivity index (χ2n) is 6.01. The van der Waals surface area contributed by atoms with Gasteiger partial charge in [0, 0.05) is 24.2 Å². The number of nitrogens with one attached hydrogen (secondary N) is 1. The summed E-state index contributed by atoms with van der Waals surface area (Å²) < 4.78 is 15.4. The fourth-order valence-electron chi connectivity index (χ4n) is 2.70. The second kappa shape index (κ2) is 7.33. The summed E-state index contributed by atoms with van der Waals surface area (Å²) in [5.74, 6) is 0.166. The smallest absolute Gasteiger partial charge is 0.223 e. The Morgan fingerprint density at radius 2 is 1.93 bits per heavy atom. The first-order valence-corrected chi connectivity index (χ1v) is 8.48. The molecule has 4 aromatic rings. The third-order valence-corrected chi connectivity index (χ3v) is 4.17. The Hall–Kier alpha value is -3.61. The fraction of sp³-hybridized carbons (Fsp3) is 0.100. The number of hydrogen-bond acceptors (Lipinski definition) is 5. The number of rotatable bonds is 5. The van der Waals surface area contributed by atoms with Gasteiger partial charge in [-0.3, -0.25) is 4.98 Å². The lowest BCUT2D eigenvalue weighted by Crippen LogP contribution is -2.06. The number of pyridine rings is 1. The van der Waals surface area contributed by atoms with Gasteiger partial charge in [0.25, 0.3) is 0 Å². The van der Waals surface area contributed by atoms with E-state index >= 15 is 0 Å². The molecule has 0 aliphatic rings. The van der Waals surface area contributed by atoms with Crippen LogP contribution in [0.4, 0.5) is 10.3 Å². The summed E-state index contributed by atoms with van der Waals surface area (Å²) in [6, 6.07) is 12.2. The Labute approximate surface area is 155 Å². The van der Waals surface area contributed by atoms with Crippen molar-refractivity contribution in [1.29, 1.82) is 0 Å². The highest BCUT2D eigenvalue weighted by Crippen LogP contribution is 2.20. The highest BCUT2D eigenvalue weighted by Gasteiger charge is 2.09. The average Bonchev–Trinajstić information content (AvgIpc) is 3.18. The minimum absolute atomic E-state index is 0.331. The van der Waals surface area contributed by atoms with Gasteiger partial charge in [0.2, 0.25) is 5.95 Å². The molecule has 7 heteroatoms. The monoisotopic (exact) mass is 360 g/mol. The Balaban J connectivity index is 1.55. The number of halogens is 1. The first-order valence-electron chi connectivity index (χ1n) is 8.48. The standard InChI is InChI=1S/C20H17FN6/c1-14-5-4-9-22-18(14)12-24-20-23-10-8-17(26-20)15-11-25-27(13-15)19-7-3-2-6-16(19)21/h2-11,13H,12H2,1H3,(H,23,24,26). The minimum atomic E-state index is -0.331. The summed E-state index contributed by atoms with van der Waals surface area (Å²) in [4.78, 5) is 13.1. The van der Waals surface area contributed by atoms with Crippen LogP contribution >= 0.6 is 0 Å². The largest absolute Gasteiger partial charge is 0.349 e. The van der Waals surface area contributed by atoms with Gasteiger partial charge in [0.15, 0.2) is 0 Å². The van der Waals surface area contributed by atoms with Crippen molar-refractivity contribution in [1.82, 2.24) is 24.7 Å². The molecule has 0 amide bonds. The van der Waals surface area contributed by atoms with Gasteiger partial charge < -0.3 is 5.32 Å². The molecule has 0 unspecified atom stereocenters. The fourth-order valence-corrected chi connectivity index (χ4v) is 2.70. The number of benzene rings is 1. The van der Waals surface area contributed by atoms with Crippen molar-refractivity contribution in [3.05, 3.63) is 84.3 Å². The molecule has 0 radical (unpaired) electrons. The lowest BCUT2D eigenvalue weighted by molar-refractivity contribution is 0.611. The van der Waals surface area contributed by atoms with Crippen LogP contribution in [0.3, 0.4) is 0 Å². The number of hydrogen-bond donors (Lipinski definition) is 1. The summed E-state index contributed by atoms with van der Waals surface area (Å²) in [5, 5.41) is 7.43. The summed E-state index contributed by atoms with van der Waals surface area (Å²) in [6.45, 7) is 2.54. The zero-order valence-electron chi connectivity index (χ0n) is 14.7. The van der Waals surface area contributed by atoms with Crippen molar-refractivity contribution >= 4 is 5.95 Å². The molecular formula is C20H17FN6. The SMILES string of the molecule is Cc1cccnc1CNc1nccc(-c2cnn(-c3ccccc3F)c2)n1. The Kier molecular flexibility index (Phi) is 4.57. The average molecular weight is 360 g/mol. The Morgan fingerprint density at radius 3 is 2.78 bits per heavy atom. The first kappa shape index (κ1) is 16.8. The van der Waals surface area contributed by atoms with Gasteiger partial charge in [0.05, 0.1) is 24.1 Å². The van der Waals surface area contributed by atoms with Crippen LogP contribution in [0.25, 0.3) is 16.9 Å². The lowest BCUT2D eigenvalue weighted by Gasteiger charge is -2.07. The first-order chi connectivity index (χ1) is 13.2. The molecule has 0 aliphatic heterocycles. The molecule has 6 nitrogen and oxygen atoms in total. The van der Waals surface area contributed by atoms with Crippen LogP contribution in [0.2, 0.25) is 0 Å². The summed E-state index contributed by atoms with van der Waals surface area (Å²) in [6.07, 6.45) is 6.84. The number of nitrogens with zero attached hydrogens (tertiary/aromatic N) is 5. The van der Waals surface area contributed by atoms with Crippen LogP contribution in [-0.4, -0.2) is 24.7 Å². The van der Waals surface area contributed by atoms with Crippen molar-refractivity contribution in [3.63, 3.8) is 0 Å². The van der Waals surface area contributed by atoms with E-state index in [1.807, 2.05) is 19.1 Å². The van der Waals surface area contributed by atoms with Crippen LogP contribution in [0.1, 0.15) is 11.3 Å². The highest BCUT2D eigenvalue weighted by atomic mass is 19.1. The van der Waals surface area contributed by atoms with E-state index in [0.717, 1.165) is 16.8 Å². The topological polar surface area (TPSA) is 68.5 Å². The van der Waals surface area contributed by atoms with E-state index in [0.29, 0.717) is 23.9 Å². The molecule has 0 fully saturated rings. The van der Waals surface area contributed by atoms with Gasteiger partial charge in [-0.2, -0.15) is 5.10 Å². The van der Waals surface area contributed by atoms with E-state index < -0.39 is 0 Å². The summed E-state index contributed by atoms with van der Waals surface area (Å²) in [7, 11) is 0. The molecule has 27 heavy (non-hydrogen) atoms. The van der Waals surface area contributed by atoms with Crippen molar-refractivity contribution in [2.75, 3.05) is 5.32 Å². The van der Waals surface area contributed by atoms with Gasteiger partial charge in [-0.25, -0.2) is 19.0 Å². The zero-order chi connectivity index (χ0) is 18.6. The molecule has 1 N–H and O–H groups in total. The normalized spacial score (nSPS) is 10.7. The number of anilines is 1. The number of aromatic nitrogens is 5. The van der Waals surface area contributed by atoms with E-state index in [-0.39, 0.29) is 5.82 Å². The van der Waals surface area contributed by atoms with Crippen molar-refractivity contribution < 1.29 is 4.39 Å². The third-order valence-electron chi connectivity index (χ3n) is 4.17. The number of para-hydroxylation sites is 1. The van der Waals surface area contributed by atoms with Crippen LogP contribution in [0, 0.1) is 12.7 Å². The minimum Gasteiger partial charge on any atom is -0.349 e. The van der Waals surface area contributed by atoms with E-state index in [1.165, 1.54) is 10.7 Å². The van der Waals surface area contributed by atoms with Crippen LogP contribution in [-0.2, 0) is 6.54 Å². The van der Waals surface area contributed by atoms with Gasteiger partial charge in [-0.15, -0.1) is 0 Å². The molecular weight excluding hydrogens is 343 g/mol. The molecule has 0 bridgehead atoms. The van der Waals surface area contributed by atoms with Gasteiger partial charge in [-0.1, -0.05) is 18.2 Å². The third kappa shape index (κ3) is 3.67. The molecule has 0 saturated carbocycles. The quantitative estimate of drug-likeness (QED) is 0.586. The van der Waals surface area contributed by atoms with Crippen LogP contribution < -0.4 is 5.32 Å². The lowest BCUT2D eigenvalue weighted by atomic mass is 10.2. The van der Waals surface area contributed by atoms with Crippen LogP contribution in [0.5, 0.6) is 0 Å².